The van der Waals surface area contributed by atoms with Crippen LogP contribution in [0, 0.1) is 0 Å². The molecule has 0 fully saturated rings. The lowest BCUT2D eigenvalue weighted by Gasteiger charge is -2.32. The summed E-state index contributed by atoms with van der Waals surface area (Å²) in [5.74, 6) is -4.82. The summed E-state index contributed by atoms with van der Waals surface area (Å²) < 4.78 is 62.3. The summed E-state index contributed by atoms with van der Waals surface area (Å²) in [4.78, 5) is 0. The topological polar surface area (TPSA) is 18.8 Å². The number of halogens is 6. The highest BCUT2D eigenvalue weighted by Crippen LogP contribution is 2.42. The summed E-state index contributed by atoms with van der Waals surface area (Å²) in [6, 6.07) is 0. The summed E-state index contributed by atoms with van der Waals surface area (Å²) in [5.41, 5.74) is 0. The van der Waals surface area contributed by atoms with Crippen LogP contribution < -0.4 is 0 Å². The van der Waals surface area contributed by atoms with Crippen LogP contribution >= 0.6 is 22.9 Å². The number of alkyl halides is 5. The van der Waals surface area contributed by atoms with Gasteiger partial charge in [0.1, 0.15) is 6.34 Å². The van der Waals surface area contributed by atoms with Crippen molar-refractivity contribution in [2.45, 2.75) is 18.3 Å². The summed E-state index contributed by atoms with van der Waals surface area (Å²) >= 11 is 1.34. The molecular formula is C5H5F5IN3. The highest BCUT2D eigenvalue weighted by atomic mass is 127. The lowest BCUT2D eigenvalue weighted by atomic mass is 10.2. The Morgan fingerprint density at radius 1 is 1.29 bits per heavy atom. The minimum atomic E-state index is -5.58. The van der Waals surface area contributed by atoms with E-state index >= 15 is 0 Å². The van der Waals surface area contributed by atoms with Crippen molar-refractivity contribution >= 4 is 29.2 Å². The Hall–Kier alpha value is -0.350. The third-order valence-corrected chi connectivity index (χ3v) is 2.41. The van der Waals surface area contributed by atoms with Crippen molar-refractivity contribution in [3.63, 3.8) is 0 Å². The molecule has 0 aromatic heterocycles. The molecule has 1 rings (SSSR count). The largest absolute Gasteiger partial charge is 0.457 e. The molecule has 0 aliphatic carbocycles. The van der Waals surface area contributed by atoms with Gasteiger partial charge >= 0.3 is 12.1 Å². The first kappa shape index (κ1) is 11.7. The minimum Gasteiger partial charge on any atom is -0.274 e. The minimum absolute atomic E-state index is 0.569. The fourth-order valence-electron chi connectivity index (χ4n) is 0.953. The van der Waals surface area contributed by atoms with Crippen LogP contribution in [0.3, 0.4) is 0 Å². The summed E-state index contributed by atoms with van der Waals surface area (Å²) in [6.07, 6.45) is -6.79. The predicted molar refractivity (Wildman–Crippen MR) is 46.9 cm³/mol. The first-order valence-electron chi connectivity index (χ1n) is 3.33. The number of nitrogens with zero attached hydrogens (tertiary/aromatic N) is 3. The molecule has 14 heavy (non-hydrogen) atoms. The van der Waals surface area contributed by atoms with Crippen LogP contribution in [-0.4, -0.2) is 39.8 Å². The van der Waals surface area contributed by atoms with Crippen LogP contribution in [0.5, 0.6) is 0 Å². The normalized spacial score (nSPS) is 23.5. The smallest absolute Gasteiger partial charge is 0.274 e. The Morgan fingerprint density at radius 3 is 2.07 bits per heavy atom. The molecule has 1 heterocycles. The number of hydrogen-bond acceptors (Lipinski definition) is 3. The van der Waals surface area contributed by atoms with Crippen LogP contribution in [0.2, 0.25) is 0 Å². The molecule has 0 spiro atoms. The third kappa shape index (κ3) is 1.73. The van der Waals surface area contributed by atoms with E-state index in [4.69, 9.17) is 0 Å². The van der Waals surface area contributed by atoms with E-state index in [2.05, 4.69) is 5.10 Å². The molecule has 0 bridgehead atoms. The second-order valence-electron chi connectivity index (χ2n) is 2.64. The van der Waals surface area contributed by atoms with Gasteiger partial charge < -0.3 is 0 Å². The van der Waals surface area contributed by atoms with E-state index in [-0.39, 0.29) is 0 Å². The molecule has 82 valence electrons. The highest BCUT2D eigenvalue weighted by molar-refractivity contribution is 14.1. The molecule has 0 saturated carbocycles. The zero-order chi connectivity index (χ0) is 11.1. The van der Waals surface area contributed by atoms with Crippen molar-refractivity contribution in [1.29, 1.82) is 0 Å². The van der Waals surface area contributed by atoms with Crippen LogP contribution in [0.25, 0.3) is 0 Å². The van der Waals surface area contributed by atoms with Crippen LogP contribution in [0.1, 0.15) is 0 Å². The lowest BCUT2D eigenvalue weighted by Crippen LogP contribution is -2.55. The summed E-state index contributed by atoms with van der Waals surface area (Å²) in [6.45, 7) is 0. The molecule has 1 unspecified atom stereocenters. The molecule has 0 amide bonds. The maximum atomic E-state index is 12.8. The molecule has 0 aromatic carbocycles. The standard InChI is InChI=1S/C5H5F5IN3/c1-13-3(14(11)2-12-13)4(6,7)5(8,9)10/h2-3H,1H3. The van der Waals surface area contributed by atoms with Gasteiger partial charge in [0.25, 0.3) is 0 Å². The fraction of sp³-hybridized carbons (Fsp3) is 0.800. The van der Waals surface area contributed by atoms with E-state index in [9.17, 15) is 22.0 Å². The Balaban J connectivity index is 2.93. The van der Waals surface area contributed by atoms with E-state index in [1.165, 1.54) is 22.9 Å². The number of rotatable bonds is 1. The van der Waals surface area contributed by atoms with Gasteiger partial charge in [-0.2, -0.15) is 27.1 Å². The zero-order valence-corrected chi connectivity index (χ0v) is 8.92. The van der Waals surface area contributed by atoms with E-state index in [1.54, 1.807) is 0 Å². The predicted octanol–water partition coefficient (Wildman–Crippen LogP) is 2.05. The van der Waals surface area contributed by atoms with Crippen LogP contribution in [0.15, 0.2) is 5.10 Å². The van der Waals surface area contributed by atoms with Gasteiger partial charge in [0.15, 0.2) is 0 Å². The Bertz CT molecular complexity index is 240. The van der Waals surface area contributed by atoms with Crippen molar-refractivity contribution in [1.82, 2.24) is 8.12 Å². The molecule has 0 aromatic rings. The Labute approximate surface area is 90.0 Å². The summed E-state index contributed by atoms with van der Waals surface area (Å²) in [7, 11) is 1.06. The average Bonchev–Trinajstić information content (AvgIpc) is 2.28. The molecular weight excluding hydrogens is 324 g/mol. The molecule has 3 nitrogen and oxygen atoms in total. The molecule has 1 aliphatic rings. The van der Waals surface area contributed by atoms with Gasteiger partial charge in [-0.1, -0.05) is 0 Å². The zero-order valence-electron chi connectivity index (χ0n) is 6.76. The van der Waals surface area contributed by atoms with Gasteiger partial charge in [-0.3, -0.25) is 8.12 Å². The van der Waals surface area contributed by atoms with Crippen molar-refractivity contribution in [3.8, 4) is 0 Å². The maximum Gasteiger partial charge on any atom is 0.457 e. The quantitative estimate of drug-likeness (QED) is 0.417. The van der Waals surface area contributed by atoms with Gasteiger partial charge in [-0.05, 0) is 0 Å². The van der Waals surface area contributed by atoms with Crippen LogP contribution in [0.4, 0.5) is 22.0 Å². The van der Waals surface area contributed by atoms with E-state index in [0.29, 0.717) is 8.12 Å². The first-order chi connectivity index (χ1) is 6.18. The first-order valence-corrected chi connectivity index (χ1v) is 4.30. The maximum absolute atomic E-state index is 12.8. The van der Waals surface area contributed by atoms with E-state index < -0.39 is 18.3 Å². The molecule has 1 aliphatic heterocycles. The van der Waals surface area contributed by atoms with Gasteiger partial charge in [0.2, 0.25) is 6.17 Å². The van der Waals surface area contributed by atoms with Crippen molar-refractivity contribution in [2.24, 2.45) is 5.10 Å². The van der Waals surface area contributed by atoms with Gasteiger partial charge in [0, 0.05) is 7.05 Å². The Morgan fingerprint density at radius 2 is 1.79 bits per heavy atom. The third-order valence-electron chi connectivity index (χ3n) is 1.63. The summed E-state index contributed by atoms with van der Waals surface area (Å²) in [5, 5.41) is 3.89. The SMILES string of the molecule is CN1N=CN(I)C1C(F)(F)C(F)(F)F. The van der Waals surface area contributed by atoms with Gasteiger partial charge in [0.05, 0.1) is 22.9 Å². The lowest BCUT2D eigenvalue weighted by molar-refractivity contribution is -0.307. The molecule has 0 N–H and O–H groups in total. The Kier molecular flexibility index (Phi) is 2.80. The second kappa shape index (κ2) is 3.35. The number of hydrogen-bond donors (Lipinski definition) is 0. The van der Waals surface area contributed by atoms with E-state index in [1.807, 2.05) is 0 Å². The van der Waals surface area contributed by atoms with Gasteiger partial charge in [-0.25, -0.2) is 0 Å². The fourth-order valence-corrected chi connectivity index (χ4v) is 1.77. The molecule has 9 heteroatoms. The van der Waals surface area contributed by atoms with Crippen molar-refractivity contribution in [3.05, 3.63) is 0 Å². The second-order valence-corrected chi connectivity index (χ2v) is 3.76. The molecule has 1 atom stereocenters. The monoisotopic (exact) mass is 329 g/mol. The molecule has 0 saturated heterocycles. The molecule has 0 radical (unpaired) electrons. The van der Waals surface area contributed by atoms with Crippen LogP contribution in [-0.2, 0) is 0 Å². The van der Waals surface area contributed by atoms with Crippen molar-refractivity contribution < 1.29 is 22.0 Å². The average molecular weight is 329 g/mol. The number of hydrazone groups is 1. The van der Waals surface area contributed by atoms with E-state index in [0.717, 1.165) is 13.4 Å². The van der Waals surface area contributed by atoms with Gasteiger partial charge in [-0.15, -0.1) is 0 Å². The highest BCUT2D eigenvalue weighted by Gasteiger charge is 2.66. The van der Waals surface area contributed by atoms with Crippen molar-refractivity contribution in [2.75, 3.05) is 7.05 Å².